The second-order valence-corrected chi connectivity index (χ2v) is 2.86. The molecule has 0 saturated carbocycles. The predicted octanol–water partition coefficient (Wildman–Crippen LogP) is 2.75. The van der Waals surface area contributed by atoms with Gasteiger partial charge in [0.15, 0.2) is 11.6 Å². The average Bonchev–Trinajstić information content (AvgIpc) is 2.00. The Morgan fingerprint density at radius 1 is 1.50 bits per heavy atom. The molecule has 64 valence electrons. The largest absolute Gasteiger partial charge is 0.504 e. The Morgan fingerprint density at radius 2 is 2.08 bits per heavy atom. The molecule has 0 amide bonds. The van der Waals surface area contributed by atoms with Crippen LogP contribution in [0.1, 0.15) is 5.56 Å². The number of hydrogen-bond acceptors (Lipinski definition) is 2. The van der Waals surface area contributed by atoms with Gasteiger partial charge in [-0.3, -0.25) is 5.41 Å². The summed E-state index contributed by atoms with van der Waals surface area (Å²) in [7, 11) is 0. The zero-order valence-corrected chi connectivity index (χ0v) is 7.25. The second kappa shape index (κ2) is 3.29. The van der Waals surface area contributed by atoms with Crippen molar-refractivity contribution in [3.63, 3.8) is 0 Å². The molecule has 0 unspecified atom stereocenters. The Balaban J connectivity index is 3.36. The number of phenols is 1. The minimum Gasteiger partial charge on any atom is -0.504 e. The SMILES string of the molecule is N=C(Cl)c1ccc(Cl)c(F)c1O. The van der Waals surface area contributed by atoms with Crippen molar-refractivity contribution in [2.45, 2.75) is 0 Å². The fourth-order valence-electron chi connectivity index (χ4n) is 0.717. The van der Waals surface area contributed by atoms with Crippen LogP contribution in [0, 0.1) is 11.2 Å². The Kier molecular flexibility index (Phi) is 2.55. The van der Waals surface area contributed by atoms with E-state index in [1.165, 1.54) is 12.1 Å². The van der Waals surface area contributed by atoms with Crippen molar-refractivity contribution in [2.24, 2.45) is 0 Å². The zero-order chi connectivity index (χ0) is 9.30. The van der Waals surface area contributed by atoms with E-state index in [-0.39, 0.29) is 10.6 Å². The Labute approximate surface area is 78.0 Å². The van der Waals surface area contributed by atoms with Gasteiger partial charge in [0, 0.05) is 0 Å². The number of nitrogens with one attached hydrogen (secondary N) is 1. The van der Waals surface area contributed by atoms with Crippen LogP contribution in [0.2, 0.25) is 5.02 Å². The van der Waals surface area contributed by atoms with Crippen molar-refractivity contribution in [3.8, 4) is 5.75 Å². The van der Waals surface area contributed by atoms with Crippen LogP contribution in [0.3, 0.4) is 0 Å². The first-order valence-corrected chi connectivity index (χ1v) is 3.71. The van der Waals surface area contributed by atoms with Crippen LogP contribution in [-0.4, -0.2) is 10.3 Å². The van der Waals surface area contributed by atoms with E-state index >= 15 is 0 Å². The molecule has 2 nitrogen and oxygen atoms in total. The third kappa shape index (κ3) is 1.52. The minimum absolute atomic E-state index is 0.0708. The lowest BCUT2D eigenvalue weighted by Crippen LogP contribution is -1.92. The number of aromatic hydroxyl groups is 1. The highest BCUT2D eigenvalue weighted by atomic mass is 35.5. The topological polar surface area (TPSA) is 44.1 Å². The summed E-state index contributed by atoms with van der Waals surface area (Å²) in [6.45, 7) is 0. The Morgan fingerprint density at radius 3 is 2.58 bits per heavy atom. The van der Waals surface area contributed by atoms with Crippen molar-refractivity contribution in [2.75, 3.05) is 0 Å². The fraction of sp³-hybridized carbons (Fsp3) is 0. The molecule has 0 radical (unpaired) electrons. The molecule has 0 spiro atoms. The summed E-state index contributed by atoms with van der Waals surface area (Å²) in [6, 6.07) is 2.50. The second-order valence-electron chi connectivity index (χ2n) is 2.07. The average molecular weight is 208 g/mol. The van der Waals surface area contributed by atoms with Gasteiger partial charge in [-0.2, -0.15) is 0 Å². The quantitative estimate of drug-likeness (QED) is 0.684. The molecule has 0 atom stereocenters. The first kappa shape index (κ1) is 9.29. The van der Waals surface area contributed by atoms with Crippen LogP contribution in [-0.2, 0) is 0 Å². The van der Waals surface area contributed by atoms with Gasteiger partial charge in [0.2, 0.25) is 0 Å². The molecular formula is C7H4Cl2FNO. The van der Waals surface area contributed by atoms with E-state index in [1.54, 1.807) is 0 Å². The standard InChI is InChI=1S/C7H4Cl2FNO/c8-4-2-1-3(7(9)11)6(12)5(4)10/h1-2,11-12H. The maximum Gasteiger partial charge on any atom is 0.184 e. The van der Waals surface area contributed by atoms with E-state index in [0.717, 1.165) is 0 Å². The Hall–Kier alpha value is -0.800. The van der Waals surface area contributed by atoms with Crippen molar-refractivity contribution < 1.29 is 9.50 Å². The monoisotopic (exact) mass is 207 g/mol. The molecule has 1 aromatic carbocycles. The third-order valence-electron chi connectivity index (χ3n) is 1.31. The van der Waals surface area contributed by atoms with Gasteiger partial charge in [-0.1, -0.05) is 23.2 Å². The molecule has 1 rings (SSSR count). The van der Waals surface area contributed by atoms with Crippen LogP contribution in [0.5, 0.6) is 5.75 Å². The number of halogens is 3. The molecule has 0 fully saturated rings. The van der Waals surface area contributed by atoms with Gasteiger partial charge in [-0.05, 0) is 12.1 Å². The van der Waals surface area contributed by atoms with E-state index in [0.29, 0.717) is 0 Å². The van der Waals surface area contributed by atoms with Crippen LogP contribution >= 0.6 is 23.2 Å². The first-order chi connectivity index (χ1) is 5.54. The molecule has 0 aliphatic carbocycles. The summed E-state index contributed by atoms with van der Waals surface area (Å²) in [5.74, 6) is -1.65. The lowest BCUT2D eigenvalue weighted by atomic mass is 10.2. The van der Waals surface area contributed by atoms with Gasteiger partial charge >= 0.3 is 0 Å². The molecule has 0 saturated heterocycles. The van der Waals surface area contributed by atoms with Crippen LogP contribution in [0.15, 0.2) is 12.1 Å². The van der Waals surface area contributed by atoms with Crippen molar-refractivity contribution in [3.05, 3.63) is 28.5 Å². The molecule has 0 aliphatic heterocycles. The number of hydrogen-bond donors (Lipinski definition) is 2. The van der Waals surface area contributed by atoms with E-state index in [9.17, 15) is 4.39 Å². The van der Waals surface area contributed by atoms with Gasteiger partial charge < -0.3 is 5.11 Å². The molecule has 0 aliphatic rings. The lowest BCUT2D eigenvalue weighted by Gasteiger charge is -2.02. The lowest BCUT2D eigenvalue weighted by molar-refractivity contribution is 0.431. The highest BCUT2D eigenvalue weighted by Crippen LogP contribution is 2.28. The maximum absolute atomic E-state index is 12.8. The van der Waals surface area contributed by atoms with Gasteiger partial charge in [0.1, 0.15) is 5.17 Å². The van der Waals surface area contributed by atoms with Crippen LogP contribution in [0.25, 0.3) is 0 Å². The van der Waals surface area contributed by atoms with Crippen molar-refractivity contribution in [1.82, 2.24) is 0 Å². The normalized spacial score (nSPS) is 9.92. The third-order valence-corrected chi connectivity index (χ3v) is 1.80. The van der Waals surface area contributed by atoms with Gasteiger partial charge in [-0.25, -0.2) is 4.39 Å². The molecule has 0 bridgehead atoms. The zero-order valence-electron chi connectivity index (χ0n) is 5.74. The number of rotatable bonds is 1. The molecule has 5 heteroatoms. The Bertz CT molecular complexity index is 340. The molecule has 2 N–H and O–H groups in total. The van der Waals surface area contributed by atoms with Gasteiger partial charge in [0.25, 0.3) is 0 Å². The summed E-state index contributed by atoms with van der Waals surface area (Å²) in [4.78, 5) is 0. The van der Waals surface area contributed by atoms with Crippen molar-refractivity contribution in [1.29, 1.82) is 5.41 Å². The number of benzene rings is 1. The first-order valence-electron chi connectivity index (χ1n) is 2.95. The molecule has 0 heterocycles. The smallest absolute Gasteiger partial charge is 0.184 e. The summed E-state index contributed by atoms with van der Waals surface area (Å²) < 4.78 is 12.8. The molecule has 12 heavy (non-hydrogen) atoms. The van der Waals surface area contributed by atoms with E-state index in [2.05, 4.69) is 0 Å². The van der Waals surface area contributed by atoms with Crippen LogP contribution < -0.4 is 0 Å². The maximum atomic E-state index is 12.8. The molecule has 0 aromatic heterocycles. The molecular weight excluding hydrogens is 204 g/mol. The van der Waals surface area contributed by atoms with Gasteiger partial charge in [-0.15, -0.1) is 0 Å². The van der Waals surface area contributed by atoms with Crippen molar-refractivity contribution >= 4 is 28.4 Å². The summed E-state index contributed by atoms with van der Waals surface area (Å²) in [5.41, 5.74) is -0.0708. The van der Waals surface area contributed by atoms with E-state index in [4.69, 9.17) is 33.7 Å². The van der Waals surface area contributed by atoms with Gasteiger partial charge in [0.05, 0.1) is 10.6 Å². The minimum atomic E-state index is -0.959. The number of phenolic OH excluding ortho intramolecular Hbond substituents is 1. The summed E-state index contributed by atoms with van der Waals surface area (Å²) in [6.07, 6.45) is 0. The molecule has 1 aromatic rings. The fourth-order valence-corrected chi connectivity index (χ4v) is 1.02. The highest BCUT2D eigenvalue weighted by molar-refractivity contribution is 6.69. The highest BCUT2D eigenvalue weighted by Gasteiger charge is 2.12. The van der Waals surface area contributed by atoms with E-state index in [1.807, 2.05) is 0 Å². The summed E-state index contributed by atoms with van der Waals surface area (Å²) >= 11 is 10.6. The summed E-state index contributed by atoms with van der Waals surface area (Å²) in [5, 5.41) is 15.4. The predicted molar refractivity (Wildman–Crippen MR) is 45.8 cm³/mol. The van der Waals surface area contributed by atoms with E-state index < -0.39 is 16.7 Å². The van der Waals surface area contributed by atoms with Crippen LogP contribution in [0.4, 0.5) is 4.39 Å².